The van der Waals surface area contributed by atoms with Crippen LogP contribution in [-0.4, -0.2) is 30.7 Å². The Labute approximate surface area is 74.7 Å². The van der Waals surface area contributed by atoms with E-state index in [9.17, 15) is 18.4 Å². The summed E-state index contributed by atoms with van der Waals surface area (Å²) in [6.45, 7) is -1.86. The first-order chi connectivity index (χ1) is 6.15. The van der Waals surface area contributed by atoms with Gasteiger partial charge in [-0.2, -0.15) is 0 Å². The Kier molecular flexibility index (Phi) is 6.01. The number of rotatable bonds is 7. The lowest BCUT2D eigenvalue weighted by Gasteiger charge is -2.18. The highest BCUT2D eigenvalue weighted by atomic mass is 19.1. The van der Waals surface area contributed by atoms with E-state index in [1.165, 1.54) is 0 Å². The van der Waals surface area contributed by atoms with Crippen LogP contribution in [0.2, 0.25) is 0 Å². The van der Waals surface area contributed by atoms with E-state index < -0.39 is 31.2 Å². The van der Waals surface area contributed by atoms with Gasteiger partial charge in [-0.3, -0.25) is 13.6 Å². The SMILES string of the molecule is O=CCC(CC(=O)O)C(CF)CF. The third-order valence-electron chi connectivity index (χ3n) is 1.90. The van der Waals surface area contributed by atoms with Crippen LogP contribution >= 0.6 is 0 Å². The minimum absolute atomic E-state index is 0.106. The summed E-state index contributed by atoms with van der Waals surface area (Å²) in [4.78, 5) is 20.4. The number of aldehydes is 1. The van der Waals surface area contributed by atoms with Gasteiger partial charge in [-0.1, -0.05) is 0 Å². The number of hydrogen-bond acceptors (Lipinski definition) is 2. The van der Waals surface area contributed by atoms with Crippen molar-refractivity contribution in [2.24, 2.45) is 11.8 Å². The molecule has 0 rings (SSSR count). The molecule has 1 unspecified atom stereocenters. The Morgan fingerprint density at radius 1 is 1.31 bits per heavy atom. The van der Waals surface area contributed by atoms with Crippen LogP contribution in [0.5, 0.6) is 0 Å². The van der Waals surface area contributed by atoms with Gasteiger partial charge >= 0.3 is 5.97 Å². The van der Waals surface area contributed by atoms with Gasteiger partial charge < -0.3 is 9.90 Å². The maximum atomic E-state index is 12.1. The molecule has 0 amide bonds. The third-order valence-corrected chi connectivity index (χ3v) is 1.90. The lowest BCUT2D eigenvalue weighted by atomic mass is 9.89. The topological polar surface area (TPSA) is 54.4 Å². The van der Waals surface area contributed by atoms with Crippen molar-refractivity contribution in [2.75, 3.05) is 13.3 Å². The number of carbonyl (C=O) groups is 2. The quantitative estimate of drug-likeness (QED) is 0.620. The summed E-state index contributed by atoms with van der Waals surface area (Å²) in [6.07, 6.45) is 0.0218. The van der Waals surface area contributed by atoms with Crippen molar-refractivity contribution in [1.29, 1.82) is 0 Å². The smallest absolute Gasteiger partial charge is 0.303 e. The van der Waals surface area contributed by atoms with Gasteiger partial charge in [0.2, 0.25) is 0 Å². The second kappa shape index (κ2) is 6.51. The molecule has 0 aromatic heterocycles. The molecule has 0 aliphatic rings. The molecule has 0 saturated carbocycles. The molecule has 0 aromatic rings. The molecule has 0 aliphatic carbocycles. The third kappa shape index (κ3) is 4.55. The van der Waals surface area contributed by atoms with Crippen molar-refractivity contribution in [1.82, 2.24) is 0 Å². The highest BCUT2D eigenvalue weighted by Crippen LogP contribution is 2.20. The second-order valence-electron chi connectivity index (χ2n) is 2.83. The second-order valence-corrected chi connectivity index (χ2v) is 2.83. The number of hydrogen-bond donors (Lipinski definition) is 1. The van der Waals surface area contributed by atoms with Crippen LogP contribution in [0.1, 0.15) is 12.8 Å². The van der Waals surface area contributed by atoms with Gasteiger partial charge in [-0.15, -0.1) is 0 Å². The standard InChI is InChI=1S/C8H12F2O3/c9-4-7(5-10)6(1-2-11)3-8(12)13/h2,6-7H,1,3-5H2,(H,12,13). The lowest BCUT2D eigenvalue weighted by molar-refractivity contribution is -0.138. The summed E-state index contributed by atoms with van der Waals surface area (Å²) in [7, 11) is 0. The zero-order valence-electron chi connectivity index (χ0n) is 7.08. The molecule has 0 aromatic carbocycles. The van der Waals surface area contributed by atoms with Crippen LogP contribution in [0.3, 0.4) is 0 Å². The van der Waals surface area contributed by atoms with Crippen LogP contribution in [-0.2, 0) is 9.59 Å². The molecule has 0 aliphatic heterocycles. The summed E-state index contributed by atoms with van der Waals surface area (Å²) >= 11 is 0. The molecule has 1 N–H and O–H groups in total. The number of halogens is 2. The molecule has 0 bridgehead atoms. The summed E-state index contributed by atoms with van der Waals surface area (Å²) in [5.41, 5.74) is 0. The van der Waals surface area contributed by atoms with Crippen molar-refractivity contribution in [3.63, 3.8) is 0 Å². The summed E-state index contributed by atoms with van der Waals surface area (Å²) in [5.74, 6) is -2.84. The van der Waals surface area contributed by atoms with Crippen molar-refractivity contribution >= 4 is 12.3 Å². The zero-order valence-corrected chi connectivity index (χ0v) is 7.08. The van der Waals surface area contributed by atoms with E-state index >= 15 is 0 Å². The molecular weight excluding hydrogens is 182 g/mol. The van der Waals surface area contributed by atoms with Gasteiger partial charge in [0.1, 0.15) is 6.29 Å². The minimum Gasteiger partial charge on any atom is -0.481 e. The van der Waals surface area contributed by atoms with E-state index in [2.05, 4.69) is 0 Å². The van der Waals surface area contributed by atoms with E-state index in [-0.39, 0.29) is 12.8 Å². The molecular formula is C8H12F2O3. The molecule has 0 saturated heterocycles. The Morgan fingerprint density at radius 2 is 1.85 bits per heavy atom. The summed E-state index contributed by atoms with van der Waals surface area (Å²) < 4.78 is 24.3. The van der Waals surface area contributed by atoms with Crippen LogP contribution in [0.4, 0.5) is 8.78 Å². The van der Waals surface area contributed by atoms with Crippen LogP contribution < -0.4 is 0 Å². The molecule has 5 heteroatoms. The Balaban J connectivity index is 4.18. The first kappa shape index (κ1) is 12.0. The maximum Gasteiger partial charge on any atom is 0.303 e. The zero-order chi connectivity index (χ0) is 10.3. The summed E-state index contributed by atoms with van der Waals surface area (Å²) in [6, 6.07) is 0. The van der Waals surface area contributed by atoms with Crippen molar-refractivity contribution in [3.8, 4) is 0 Å². The van der Waals surface area contributed by atoms with Gasteiger partial charge in [0.15, 0.2) is 0 Å². The monoisotopic (exact) mass is 194 g/mol. The fraction of sp³-hybridized carbons (Fsp3) is 0.750. The van der Waals surface area contributed by atoms with Crippen molar-refractivity contribution in [2.45, 2.75) is 12.8 Å². The Morgan fingerprint density at radius 3 is 2.15 bits per heavy atom. The van der Waals surface area contributed by atoms with Gasteiger partial charge in [-0.25, -0.2) is 0 Å². The lowest BCUT2D eigenvalue weighted by Crippen LogP contribution is -2.22. The van der Waals surface area contributed by atoms with E-state index in [1.54, 1.807) is 0 Å². The number of carbonyl (C=O) groups excluding carboxylic acids is 1. The van der Waals surface area contributed by atoms with Gasteiger partial charge in [0.25, 0.3) is 0 Å². The number of aliphatic carboxylic acids is 1. The number of carboxylic acids is 1. The highest BCUT2D eigenvalue weighted by Gasteiger charge is 2.23. The number of alkyl halides is 2. The fourth-order valence-electron chi connectivity index (χ4n) is 1.08. The van der Waals surface area contributed by atoms with E-state index in [1.807, 2.05) is 0 Å². The van der Waals surface area contributed by atoms with Crippen molar-refractivity contribution < 1.29 is 23.5 Å². The molecule has 3 nitrogen and oxygen atoms in total. The van der Waals surface area contributed by atoms with Crippen molar-refractivity contribution in [3.05, 3.63) is 0 Å². The van der Waals surface area contributed by atoms with E-state index in [0.29, 0.717) is 6.29 Å². The van der Waals surface area contributed by atoms with E-state index in [4.69, 9.17) is 5.11 Å². The molecule has 1 atom stereocenters. The molecule has 76 valence electrons. The van der Waals surface area contributed by atoms with Crippen LogP contribution in [0.25, 0.3) is 0 Å². The normalized spacial score (nSPS) is 12.8. The average molecular weight is 194 g/mol. The Hall–Kier alpha value is -1.00. The minimum atomic E-state index is -1.14. The van der Waals surface area contributed by atoms with E-state index in [0.717, 1.165) is 0 Å². The number of carboxylic acid groups (broad SMARTS) is 1. The Bertz CT molecular complexity index is 169. The highest BCUT2D eigenvalue weighted by molar-refractivity contribution is 5.67. The summed E-state index contributed by atoms with van der Waals surface area (Å²) in [5, 5.41) is 8.39. The molecule has 13 heavy (non-hydrogen) atoms. The molecule has 0 radical (unpaired) electrons. The first-order valence-electron chi connectivity index (χ1n) is 3.93. The fourth-order valence-corrected chi connectivity index (χ4v) is 1.08. The average Bonchev–Trinajstić information content (AvgIpc) is 2.05. The van der Waals surface area contributed by atoms with Gasteiger partial charge in [0.05, 0.1) is 13.3 Å². The predicted octanol–water partition coefficient (Wildman–Crippen LogP) is 1.22. The largest absolute Gasteiger partial charge is 0.481 e. The molecule has 0 spiro atoms. The predicted molar refractivity (Wildman–Crippen MR) is 41.9 cm³/mol. The van der Waals surface area contributed by atoms with Crippen LogP contribution in [0, 0.1) is 11.8 Å². The molecule has 0 heterocycles. The van der Waals surface area contributed by atoms with Gasteiger partial charge in [0, 0.05) is 18.8 Å². The first-order valence-corrected chi connectivity index (χ1v) is 3.93. The molecule has 0 fully saturated rings. The maximum absolute atomic E-state index is 12.1. The van der Waals surface area contributed by atoms with Gasteiger partial charge in [-0.05, 0) is 5.92 Å². The van der Waals surface area contributed by atoms with Crippen LogP contribution in [0.15, 0.2) is 0 Å².